The lowest BCUT2D eigenvalue weighted by molar-refractivity contribution is -0.308. The maximum Gasteiger partial charge on any atom is 0.0501 e. The number of carbonyl (C=O) groups excluding carboxylic acids is 1. The van der Waals surface area contributed by atoms with Crippen LogP contribution >= 0.6 is 0 Å². The largest absolute Gasteiger partial charge is 0.549 e. The van der Waals surface area contributed by atoms with Gasteiger partial charge in [0.15, 0.2) is 0 Å². The van der Waals surface area contributed by atoms with Crippen molar-refractivity contribution in [3.8, 4) is 0 Å². The second kappa shape index (κ2) is 8.45. The topological polar surface area (TPSA) is 52.5 Å². The lowest BCUT2D eigenvalue weighted by Crippen LogP contribution is -2.35. The molecule has 0 aliphatic rings. The first-order valence-electron chi connectivity index (χ1n) is 5.85. The standard InChI is InChI=1S/C12H23NO2/c1-4-6-7-8-9-13-10(3)11(5-2)12(14)15/h11H,4-9H2,1-3H3,(H,14,15)/p-1. The number of rotatable bonds is 8. The van der Waals surface area contributed by atoms with Crippen LogP contribution in [-0.4, -0.2) is 18.2 Å². The molecule has 0 aliphatic carbocycles. The van der Waals surface area contributed by atoms with Gasteiger partial charge in [0.1, 0.15) is 0 Å². The van der Waals surface area contributed by atoms with Gasteiger partial charge in [0, 0.05) is 18.2 Å². The van der Waals surface area contributed by atoms with Gasteiger partial charge in [-0.2, -0.15) is 0 Å². The predicted molar refractivity (Wildman–Crippen MR) is 60.9 cm³/mol. The number of carboxylic acid groups (broad SMARTS) is 1. The summed E-state index contributed by atoms with van der Waals surface area (Å²) in [4.78, 5) is 15.0. The van der Waals surface area contributed by atoms with Crippen LogP contribution in [-0.2, 0) is 4.79 Å². The van der Waals surface area contributed by atoms with E-state index in [1.165, 1.54) is 19.3 Å². The van der Waals surface area contributed by atoms with Crippen LogP contribution in [0.1, 0.15) is 52.9 Å². The van der Waals surface area contributed by atoms with E-state index in [0.717, 1.165) is 13.0 Å². The number of unbranched alkanes of at least 4 members (excludes halogenated alkanes) is 3. The average Bonchev–Trinajstić information content (AvgIpc) is 2.18. The first-order chi connectivity index (χ1) is 7.13. The van der Waals surface area contributed by atoms with Crippen LogP contribution in [0, 0.1) is 5.92 Å². The van der Waals surface area contributed by atoms with Gasteiger partial charge in [-0.3, -0.25) is 4.99 Å². The zero-order valence-corrected chi connectivity index (χ0v) is 10.1. The predicted octanol–water partition coefficient (Wildman–Crippen LogP) is 1.80. The summed E-state index contributed by atoms with van der Waals surface area (Å²) in [5, 5.41) is 10.7. The van der Waals surface area contributed by atoms with E-state index in [1.807, 2.05) is 6.92 Å². The highest BCUT2D eigenvalue weighted by Gasteiger charge is 2.09. The van der Waals surface area contributed by atoms with Gasteiger partial charge < -0.3 is 9.90 Å². The zero-order chi connectivity index (χ0) is 11.7. The number of hydrogen-bond donors (Lipinski definition) is 0. The summed E-state index contributed by atoms with van der Waals surface area (Å²) in [5.41, 5.74) is 0.703. The second-order valence-electron chi connectivity index (χ2n) is 3.86. The van der Waals surface area contributed by atoms with E-state index >= 15 is 0 Å². The van der Waals surface area contributed by atoms with Crippen LogP contribution in [0.25, 0.3) is 0 Å². The summed E-state index contributed by atoms with van der Waals surface area (Å²) in [7, 11) is 0. The highest BCUT2D eigenvalue weighted by Crippen LogP contribution is 2.05. The molecule has 0 aromatic carbocycles. The zero-order valence-electron chi connectivity index (χ0n) is 10.1. The molecule has 1 atom stereocenters. The molecule has 0 saturated heterocycles. The van der Waals surface area contributed by atoms with Gasteiger partial charge >= 0.3 is 0 Å². The number of nitrogens with zero attached hydrogens (tertiary/aromatic N) is 1. The summed E-state index contributed by atoms with van der Waals surface area (Å²) >= 11 is 0. The van der Waals surface area contributed by atoms with Crippen LogP contribution in [0.3, 0.4) is 0 Å². The number of aliphatic carboxylic acids is 1. The SMILES string of the molecule is CCCCCCN=C(C)C(CC)C(=O)[O-]. The van der Waals surface area contributed by atoms with Crippen LogP contribution in [0.5, 0.6) is 0 Å². The van der Waals surface area contributed by atoms with E-state index in [4.69, 9.17) is 0 Å². The normalized spacial score (nSPS) is 13.9. The molecule has 0 heterocycles. The molecule has 0 aliphatic heterocycles. The smallest absolute Gasteiger partial charge is 0.0501 e. The molecule has 0 amide bonds. The molecule has 0 bridgehead atoms. The minimum Gasteiger partial charge on any atom is -0.549 e. The van der Waals surface area contributed by atoms with Crippen molar-refractivity contribution in [2.45, 2.75) is 52.9 Å². The molecule has 0 spiro atoms. The second-order valence-corrected chi connectivity index (χ2v) is 3.86. The number of aliphatic imine (C=N–C) groups is 1. The van der Waals surface area contributed by atoms with Crippen molar-refractivity contribution in [3.63, 3.8) is 0 Å². The molecule has 0 fully saturated rings. The monoisotopic (exact) mass is 212 g/mol. The van der Waals surface area contributed by atoms with Crippen molar-refractivity contribution >= 4 is 11.7 Å². The molecular formula is C12H22NO2-. The van der Waals surface area contributed by atoms with E-state index in [-0.39, 0.29) is 0 Å². The van der Waals surface area contributed by atoms with Crippen molar-refractivity contribution in [1.82, 2.24) is 0 Å². The van der Waals surface area contributed by atoms with Gasteiger partial charge in [-0.1, -0.05) is 33.1 Å². The van der Waals surface area contributed by atoms with E-state index in [0.29, 0.717) is 12.1 Å². The molecule has 0 aromatic rings. The van der Waals surface area contributed by atoms with Crippen LogP contribution in [0.4, 0.5) is 0 Å². The Labute approximate surface area is 92.6 Å². The highest BCUT2D eigenvalue weighted by molar-refractivity contribution is 5.99. The van der Waals surface area contributed by atoms with Crippen molar-refractivity contribution in [2.75, 3.05) is 6.54 Å². The maximum atomic E-state index is 10.7. The van der Waals surface area contributed by atoms with Crippen molar-refractivity contribution < 1.29 is 9.90 Å². The molecule has 0 N–H and O–H groups in total. The first-order valence-corrected chi connectivity index (χ1v) is 5.85. The fourth-order valence-corrected chi connectivity index (χ4v) is 1.54. The van der Waals surface area contributed by atoms with Crippen molar-refractivity contribution in [3.05, 3.63) is 0 Å². The molecule has 0 saturated carbocycles. The third kappa shape index (κ3) is 6.26. The lowest BCUT2D eigenvalue weighted by Gasteiger charge is -2.15. The minimum absolute atomic E-state index is 0.504. The third-order valence-electron chi connectivity index (χ3n) is 2.57. The lowest BCUT2D eigenvalue weighted by atomic mass is 10.0. The van der Waals surface area contributed by atoms with Gasteiger partial charge in [-0.05, 0) is 19.8 Å². The average molecular weight is 212 g/mol. The summed E-state index contributed by atoms with van der Waals surface area (Å²) in [6, 6.07) is 0. The van der Waals surface area contributed by atoms with Crippen LogP contribution < -0.4 is 5.11 Å². The molecule has 88 valence electrons. The number of carbonyl (C=O) groups is 1. The van der Waals surface area contributed by atoms with Crippen LogP contribution in [0.2, 0.25) is 0 Å². The number of hydrogen-bond acceptors (Lipinski definition) is 3. The molecule has 1 unspecified atom stereocenters. The maximum absolute atomic E-state index is 10.7. The molecule has 3 nitrogen and oxygen atoms in total. The summed E-state index contributed by atoms with van der Waals surface area (Å²) in [5.74, 6) is -1.51. The van der Waals surface area contributed by atoms with Gasteiger partial charge in [-0.15, -0.1) is 0 Å². The Balaban J connectivity index is 3.90. The van der Waals surface area contributed by atoms with E-state index in [1.54, 1.807) is 6.92 Å². The molecular weight excluding hydrogens is 190 g/mol. The van der Waals surface area contributed by atoms with Crippen molar-refractivity contribution in [1.29, 1.82) is 0 Å². The van der Waals surface area contributed by atoms with Crippen molar-refractivity contribution in [2.24, 2.45) is 10.9 Å². The summed E-state index contributed by atoms with van der Waals surface area (Å²) in [6.45, 7) is 6.54. The third-order valence-corrected chi connectivity index (χ3v) is 2.57. The fraction of sp³-hybridized carbons (Fsp3) is 0.833. The van der Waals surface area contributed by atoms with Gasteiger partial charge in [0.25, 0.3) is 0 Å². The quantitative estimate of drug-likeness (QED) is 0.455. The fourth-order valence-electron chi connectivity index (χ4n) is 1.54. The highest BCUT2D eigenvalue weighted by atomic mass is 16.4. The Kier molecular flexibility index (Phi) is 7.96. The van der Waals surface area contributed by atoms with Gasteiger partial charge in [-0.25, -0.2) is 0 Å². The number of carboxylic acids is 1. The molecule has 0 rings (SSSR count). The van der Waals surface area contributed by atoms with Gasteiger partial charge in [0.2, 0.25) is 0 Å². The van der Waals surface area contributed by atoms with Gasteiger partial charge in [0.05, 0.1) is 5.97 Å². The summed E-state index contributed by atoms with van der Waals surface area (Å²) < 4.78 is 0. The van der Waals surface area contributed by atoms with E-state index in [9.17, 15) is 9.90 Å². The molecule has 15 heavy (non-hydrogen) atoms. The first kappa shape index (κ1) is 14.1. The Hall–Kier alpha value is -0.860. The summed E-state index contributed by atoms with van der Waals surface area (Å²) in [6.07, 6.45) is 5.22. The molecule has 3 heteroatoms. The Morgan fingerprint density at radius 3 is 2.40 bits per heavy atom. The Bertz CT molecular complexity index is 212. The Morgan fingerprint density at radius 1 is 1.27 bits per heavy atom. The van der Waals surface area contributed by atoms with Crippen LogP contribution in [0.15, 0.2) is 4.99 Å². The molecule has 0 radical (unpaired) electrons. The van der Waals surface area contributed by atoms with E-state index < -0.39 is 11.9 Å². The molecule has 0 aromatic heterocycles. The Morgan fingerprint density at radius 2 is 1.93 bits per heavy atom. The minimum atomic E-state index is -1.01. The van der Waals surface area contributed by atoms with E-state index in [2.05, 4.69) is 11.9 Å².